The third-order valence-electron chi connectivity index (χ3n) is 4.32. The lowest BCUT2D eigenvalue weighted by atomic mass is 10.2. The molecule has 0 spiro atoms. The molecule has 1 N–H and O–H groups in total. The van der Waals surface area contributed by atoms with E-state index in [1.165, 1.54) is 0 Å². The molecule has 0 bridgehead atoms. The van der Waals surface area contributed by atoms with Crippen LogP contribution in [0.4, 0.5) is 5.82 Å². The first-order chi connectivity index (χ1) is 13.2. The molecular formula is C20H25N3O4. The molecule has 1 amide bonds. The van der Waals surface area contributed by atoms with E-state index in [-0.39, 0.29) is 5.91 Å². The van der Waals surface area contributed by atoms with Gasteiger partial charge in [0.25, 0.3) is 5.91 Å². The Hall–Kier alpha value is -2.80. The van der Waals surface area contributed by atoms with Gasteiger partial charge in [-0.05, 0) is 36.8 Å². The predicted octanol–water partition coefficient (Wildman–Crippen LogP) is 2.26. The smallest absolute Gasteiger partial charge is 0.251 e. The van der Waals surface area contributed by atoms with Gasteiger partial charge < -0.3 is 24.4 Å². The Morgan fingerprint density at radius 3 is 2.70 bits per heavy atom. The van der Waals surface area contributed by atoms with E-state index >= 15 is 0 Å². The second-order valence-electron chi connectivity index (χ2n) is 6.11. The molecule has 7 nitrogen and oxygen atoms in total. The number of hydrogen-bond acceptors (Lipinski definition) is 6. The number of rotatable bonds is 7. The molecule has 0 saturated carbocycles. The highest BCUT2D eigenvalue weighted by atomic mass is 16.5. The third kappa shape index (κ3) is 4.89. The van der Waals surface area contributed by atoms with E-state index in [1.807, 2.05) is 19.1 Å². The minimum Gasteiger partial charge on any atom is -0.493 e. The summed E-state index contributed by atoms with van der Waals surface area (Å²) in [7, 11) is 1.56. The van der Waals surface area contributed by atoms with Crippen molar-refractivity contribution in [1.29, 1.82) is 0 Å². The van der Waals surface area contributed by atoms with Crippen molar-refractivity contribution in [3.05, 3.63) is 47.7 Å². The fourth-order valence-electron chi connectivity index (χ4n) is 2.87. The van der Waals surface area contributed by atoms with Gasteiger partial charge in [0, 0.05) is 31.4 Å². The number of amides is 1. The van der Waals surface area contributed by atoms with Gasteiger partial charge >= 0.3 is 0 Å². The van der Waals surface area contributed by atoms with Gasteiger partial charge in [0.2, 0.25) is 0 Å². The van der Waals surface area contributed by atoms with E-state index in [0.29, 0.717) is 30.2 Å². The Kier molecular flexibility index (Phi) is 6.49. The molecule has 27 heavy (non-hydrogen) atoms. The van der Waals surface area contributed by atoms with Crippen LogP contribution in [0, 0.1) is 0 Å². The number of pyridine rings is 1. The summed E-state index contributed by atoms with van der Waals surface area (Å²) in [6.45, 7) is 6.00. The zero-order chi connectivity index (χ0) is 19.1. The van der Waals surface area contributed by atoms with E-state index in [0.717, 1.165) is 37.7 Å². The van der Waals surface area contributed by atoms with Crippen LogP contribution in [0.25, 0.3) is 0 Å². The average Bonchev–Trinajstić information content (AvgIpc) is 2.73. The van der Waals surface area contributed by atoms with E-state index < -0.39 is 0 Å². The fraction of sp³-hybridized carbons (Fsp3) is 0.400. The van der Waals surface area contributed by atoms with Crippen LogP contribution in [0.1, 0.15) is 22.8 Å². The molecule has 0 aliphatic carbocycles. The van der Waals surface area contributed by atoms with Gasteiger partial charge in [-0.15, -0.1) is 0 Å². The Labute approximate surface area is 159 Å². The second kappa shape index (κ2) is 9.23. The maximum absolute atomic E-state index is 12.4. The lowest BCUT2D eigenvalue weighted by Crippen LogP contribution is -2.36. The Bertz CT molecular complexity index is 758. The van der Waals surface area contributed by atoms with Crippen molar-refractivity contribution in [2.24, 2.45) is 0 Å². The Morgan fingerprint density at radius 1 is 1.22 bits per heavy atom. The lowest BCUT2D eigenvalue weighted by Gasteiger charge is -2.27. The summed E-state index contributed by atoms with van der Waals surface area (Å²) in [5.41, 5.74) is 1.46. The maximum Gasteiger partial charge on any atom is 0.251 e. The predicted molar refractivity (Wildman–Crippen MR) is 103 cm³/mol. The highest BCUT2D eigenvalue weighted by Crippen LogP contribution is 2.28. The minimum atomic E-state index is -0.173. The van der Waals surface area contributed by atoms with Crippen LogP contribution in [0.15, 0.2) is 36.5 Å². The van der Waals surface area contributed by atoms with Gasteiger partial charge in [0.05, 0.1) is 26.9 Å². The highest BCUT2D eigenvalue weighted by molar-refractivity contribution is 5.94. The summed E-state index contributed by atoms with van der Waals surface area (Å²) < 4.78 is 16.1. The summed E-state index contributed by atoms with van der Waals surface area (Å²) in [5.74, 6) is 1.93. The van der Waals surface area contributed by atoms with E-state index in [2.05, 4.69) is 15.2 Å². The summed E-state index contributed by atoms with van der Waals surface area (Å²) in [6.07, 6.45) is 1.80. The number of methoxy groups -OCH3 is 1. The minimum absolute atomic E-state index is 0.173. The molecule has 2 aromatic rings. The zero-order valence-corrected chi connectivity index (χ0v) is 15.7. The quantitative estimate of drug-likeness (QED) is 0.805. The Balaban J connectivity index is 1.58. The van der Waals surface area contributed by atoms with Gasteiger partial charge in [-0.3, -0.25) is 4.79 Å². The molecule has 3 rings (SSSR count). The number of aromatic nitrogens is 1. The molecule has 1 aromatic carbocycles. The van der Waals surface area contributed by atoms with Crippen molar-refractivity contribution in [3.63, 3.8) is 0 Å². The van der Waals surface area contributed by atoms with Gasteiger partial charge in [-0.1, -0.05) is 6.07 Å². The number of hydrogen-bond donors (Lipinski definition) is 1. The average molecular weight is 371 g/mol. The second-order valence-corrected chi connectivity index (χ2v) is 6.11. The van der Waals surface area contributed by atoms with Gasteiger partial charge in [-0.25, -0.2) is 4.98 Å². The van der Waals surface area contributed by atoms with Crippen molar-refractivity contribution in [1.82, 2.24) is 10.3 Å². The van der Waals surface area contributed by atoms with Crippen LogP contribution < -0.4 is 19.7 Å². The van der Waals surface area contributed by atoms with E-state index in [4.69, 9.17) is 14.2 Å². The topological polar surface area (TPSA) is 72.9 Å². The number of carbonyl (C=O) groups is 1. The third-order valence-corrected chi connectivity index (χ3v) is 4.32. The molecule has 1 aliphatic heterocycles. The zero-order valence-electron chi connectivity index (χ0n) is 15.7. The normalized spacial score (nSPS) is 13.9. The fourth-order valence-corrected chi connectivity index (χ4v) is 2.87. The first-order valence-electron chi connectivity index (χ1n) is 9.08. The van der Waals surface area contributed by atoms with E-state index in [1.54, 1.807) is 31.5 Å². The summed E-state index contributed by atoms with van der Waals surface area (Å²) in [4.78, 5) is 19.1. The van der Waals surface area contributed by atoms with Crippen LogP contribution >= 0.6 is 0 Å². The molecule has 0 unspecified atom stereocenters. The van der Waals surface area contributed by atoms with E-state index in [9.17, 15) is 4.79 Å². The number of carbonyl (C=O) groups excluding carboxylic acids is 1. The molecular weight excluding hydrogens is 346 g/mol. The van der Waals surface area contributed by atoms with Crippen LogP contribution in [0.3, 0.4) is 0 Å². The Morgan fingerprint density at radius 2 is 2.04 bits per heavy atom. The SMILES string of the molecule is CCOc1ccc(C(=O)NCc2ccc(N3CCOCC3)nc2)cc1OC. The molecule has 1 aromatic heterocycles. The molecule has 1 aliphatic rings. The first kappa shape index (κ1) is 19.0. The molecule has 7 heteroatoms. The van der Waals surface area contributed by atoms with Gasteiger partial charge in [-0.2, -0.15) is 0 Å². The van der Waals surface area contributed by atoms with Crippen molar-refractivity contribution in [2.45, 2.75) is 13.5 Å². The van der Waals surface area contributed by atoms with Crippen LogP contribution in [-0.2, 0) is 11.3 Å². The molecule has 144 valence electrons. The van der Waals surface area contributed by atoms with Gasteiger partial charge in [0.1, 0.15) is 5.82 Å². The molecule has 1 fully saturated rings. The molecule has 0 atom stereocenters. The molecule has 2 heterocycles. The standard InChI is InChI=1S/C20H25N3O4/c1-3-27-17-6-5-16(12-18(17)25-2)20(24)22-14-15-4-7-19(21-13-15)23-8-10-26-11-9-23/h4-7,12-13H,3,8-11,14H2,1-2H3,(H,22,24). The van der Waals surface area contributed by atoms with Crippen molar-refractivity contribution < 1.29 is 19.0 Å². The number of benzene rings is 1. The largest absolute Gasteiger partial charge is 0.493 e. The maximum atomic E-state index is 12.4. The number of nitrogens with one attached hydrogen (secondary N) is 1. The number of ether oxygens (including phenoxy) is 3. The number of anilines is 1. The molecule has 1 saturated heterocycles. The summed E-state index contributed by atoms with van der Waals surface area (Å²) >= 11 is 0. The van der Waals surface area contributed by atoms with Crippen molar-refractivity contribution in [2.75, 3.05) is 44.9 Å². The number of morpholine rings is 1. The van der Waals surface area contributed by atoms with Gasteiger partial charge in [0.15, 0.2) is 11.5 Å². The summed E-state index contributed by atoms with van der Waals surface area (Å²) in [5, 5.41) is 2.91. The molecule has 0 radical (unpaired) electrons. The lowest BCUT2D eigenvalue weighted by molar-refractivity contribution is 0.0950. The van der Waals surface area contributed by atoms with Crippen molar-refractivity contribution >= 4 is 11.7 Å². The van der Waals surface area contributed by atoms with Crippen LogP contribution in [0.2, 0.25) is 0 Å². The number of nitrogens with zero attached hydrogens (tertiary/aromatic N) is 2. The monoisotopic (exact) mass is 371 g/mol. The first-order valence-corrected chi connectivity index (χ1v) is 9.08. The van der Waals surface area contributed by atoms with Crippen LogP contribution in [-0.4, -0.2) is 50.9 Å². The summed E-state index contributed by atoms with van der Waals surface area (Å²) in [6, 6.07) is 9.11. The van der Waals surface area contributed by atoms with Crippen LogP contribution in [0.5, 0.6) is 11.5 Å². The van der Waals surface area contributed by atoms with Crippen molar-refractivity contribution in [3.8, 4) is 11.5 Å². The highest BCUT2D eigenvalue weighted by Gasteiger charge is 2.13.